The number of imide groups is 1. The minimum atomic E-state index is -0.808. The molecule has 150 valence electrons. The fourth-order valence-electron chi connectivity index (χ4n) is 5.03. The lowest BCUT2D eigenvalue weighted by molar-refractivity contribution is -0.120. The van der Waals surface area contributed by atoms with Crippen LogP contribution in [0.25, 0.3) is 0 Å². The van der Waals surface area contributed by atoms with E-state index in [1.807, 2.05) is 20.8 Å². The van der Waals surface area contributed by atoms with Crippen molar-refractivity contribution in [2.75, 3.05) is 0 Å². The summed E-state index contributed by atoms with van der Waals surface area (Å²) in [5.41, 5.74) is 7.32. The number of aromatic nitrogens is 2. The predicted octanol–water partition coefficient (Wildman–Crippen LogP) is 3.81. The molecule has 27 heavy (non-hydrogen) atoms. The van der Waals surface area contributed by atoms with E-state index >= 15 is 0 Å². The molecule has 1 aromatic rings. The highest BCUT2D eigenvalue weighted by Gasteiger charge is 2.43. The normalized spacial score (nSPS) is 26.4. The van der Waals surface area contributed by atoms with E-state index < -0.39 is 11.3 Å². The zero-order valence-corrected chi connectivity index (χ0v) is 17.8. The number of imidazole rings is 1. The summed E-state index contributed by atoms with van der Waals surface area (Å²) in [4.78, 5) is 28.4. The first-order valence-electron chi connectivity index (χ1n) is 10.0. The van der Waals surface area contributed by atoms with E-state index in [2.05, 4.69) is 23.7 Å². The lowest BCUT2D eigenvalue weighted by Crippen LogP contribution is -2.42. The molecule has 1 aromatic heterocycles. The standard InChI is InChI=1S/C20H32N4O2S/c1-10(2)17(18(25)23-19(21)26)27-20-22-11(3)12(4)24(20)13(5)16-9-14-6-7-15(16)8-14/h10,13-17H,6-9H2,1-5H3,(H3,21,23,25,26)/t13-,14-,15-,16-,17-/m0/s1. The Bertz CT molecular complexity index is 730. The number of urea groups is 1. The van der Waals surface area contributed by atoms with Gasteiger partial charge in [-0.3, -0.25) is 10.1 Å². The molecule has 3 rings (SSSR count). The summed E-state index contributed by atoms with van der Waals surface area (Å²) in [6, 6.07) is -0.437. The van der Waals surface area contributed by atoms with E-state index in [-0.39, 0.29) is 11.8 Å². The molecule has 2 fully saturated rings. The van der Waals surface area contributed by atoms with Crippen molar-refractivity contribution in [3.05, 3.63) is 11.4 Å². The summed E-state index contributed by atoms with van der Waals surface area (Å²) in [5, 5.41) is 2.70. The molecule has 7 heteroatoms. The van der Waals surface area contributed by atoms with Crippen molar-refractivity contribution in [1.82, 2.24) is 14.9 Å². The van der Waals surface area contributed by atoms with Gasteiger partial charge in [0.25, 0.3) is 0 Å². The van der Waals surface area contributed by atoms with Gasteiger partial charge < -0.3 is 10.3 Å². The number of nitrogens with zero attached hydrogens (tertiary/aromatic N) is 2. The molecular formula is C20H32N4O2S. The zero-order chi connectivity index (χ0) is 19.9. The van der Waals surface area contributed by atoms with Crippen molar-refractivity contribution >= 4 is 23.7 Å². The molecule has 0 saturated heterocycles. The van der Waals surface area contributed by atoms with Gasteiger partial charge >= 0.3 is 6.03 Å². The average molecular weight is 393 g/mol. The van der Waals surface area contributed by atoms with Crippen LogP contribution in [0, 0.1) is 37.5 Å². The van der Waals surface area contributed by atoms with Gasteiger partial charge in [0, 0.05) is 11.7 Å². The van der Waals surface area contributed by atoms with Crippen molar-refractivity contribution < 1.29 is 9.59 Å². The number of primary amides is 1. The second-order valence-corrected chi connectivity index (χ2v) is 9.76. The van der Waals surface area contributed by atoms with E-state index in [9.17, 15) is 9.59 Å². The number of hydrogen-bond acceptors (Lipinski definition) is 4. The van der Waals surface area contributed by atoms with Crippen LogP contribution >= 0.6 is 11.8 Å². The first-order valence-corrected chi connectivity index (χ1v) is 10.9. The lowest BCUT2D eigenvalue weighted by Gasteiger charge is -2.31. The summed E-state index contributed by atoms with van der Waals surface area (Å²) < 4.78 is 2.33. The number of nitrogens with one attached hydrogen (secondary N) is 1. The molecule has 0 radical (unpaired) electrons. The number of thioether (sulfide) groups is 1. The molecule has 2 saturated carbocycles. The van der Waals surface area contributed by atoms with Crippen LogP contribution < -0.4 is 11.1 Å². The molecule has 0 unspecified atom stereocenters. The van der Waals surface area contributed by atoms with E-state index in [0.717, 1.165) is 22.7 Å². The topological polar surface area (TPSA) is 90.0 Å². The maximum atomic E-state index is 12.5. The maximum Gasteiger partial charge on any atom is 0.318 e. The van der Waals surface area contributed by atoms with Gasteiger partial charge in [-0.1, -0.05) is 32.0 Å². The number of fused-ring (bicyclic) bond motifs is 2. The van der Waals surface area contributed by atoms with Gasteiger partial charge in [0.15, 0.2) is 5.16 Å². The van der Waals surface area contributed by atoms with Crippen LogP contribution in [0.4, 0.5) is 4.79 Å². The highest BCUT2D eigenvalue weighted by Crippen LogP contribution is 2.52. The maximum absolute atomic E-state index is 12.5. The van der Waals surface area contributed by atoms with Gasteiger partial charge in [-0.2, -0.15) is 0 Å². The Morgan fingerprint density at radius 1 is 1.22 bits per heavy atom. The van der Waals surface area contributed by atoms with Gasteiger partial charge in [-0.15, -0.1) is 0 Å². The highest BCUT2D eigenvalue weighted by molar-refractivity contribution is 8.00. The number of amides is 3. The predicted molar refractivity (Wildman–Crippen MR) is 108 cm³/mol. The number of carbonyl (C=O) groups excluding carboxylic acids is 2. The van der Waals surface area contributed by atoms with Crippen molar-refractivity contribution in [2.24, 2.45) is 29.4 Å². The quantitative estimate of drug-likeness (QED) is 0.720. The van der Waals surface area contributed by atoms with Crippen molar-refractivity contribution in [1.29, 1.82) is 0 Å². The fourth-order valence-corrected chi connectivity index (χ4v) is 6.31. The number of nitrogens with two attached hydrogens (primary N) is 1. The summed E-state index contributed by atoms with van der Waals surface area (Å²) in [5.74, 6) is 2.11. The first kappa shape index (κ1) is 20.2. The van der Waals surface area contributed by atoms with Crippen LogP contribution in [-0.2, 0) is 4.79 Å². The van der Waals surface area contributed by atoms with Crippen LogP contribution in [0.1, 0.15) is 63.9 Å². The molecule has 1 heterocycles. The molecule has 0 aliphatic heterocycles. The Labute approximate surface area is 166 Å². The Hall–Kier alpha value is -1.50. The Balaban J connectivity index is 1.86. The third-order valence-corrected chi connectivity index (χ3v) is 8.03. The monoisotopic (exact) mass is 392 g/mol. The number of carbonyl (C=O) groups is 2. The van der Waals surface area contributed by atoms with E-state index in [1.165, 1.54) is 43.1 Å². The van der Waals surface area contributed by atoms with E-state index in [1.54, 1.807) is 0 Å². The lowest BCUT2D eigenvalue weighted by atomic mass is 9.84. The number of rotatable bonds is 6. The second kappa shape index (κ2) is 7.86. The van der Waals surface area contributed by atoms with Crippen LogP contribution in [0.5, 0.6) is 0 Å². The van der Waals surface area contributed by atoms with E-state index in [4.69, 9.17) is 10.7 Å². The molecule has 3 N–H and O–H groups in total. The third kappa shape index (κ3) is 4.03. The number of hydrogen-bond donors (Lipinski definition) is 2. The van der Waals surface area contributed by atoms with Gasteiger partial charge in [-0.25, -0.2) is 9.78 Å². The molecule has 0 aromatic carbocycles. The van der Waals surface area contributed by atoms with Crippen LogP contribution in [0.3, 0.4) is 0 Å². The summed E-state index contributed by atoms with van der Waals surface area (Å²) in [6.07, 6.45) is 5.42. The minimum Gasteiger partial charge on any atom is -0.351 e. The highest BCUT2D eigenvalue weighted by atomic mass is 32.2. The molecule has 5 atom stereocenters. The molecule has 2 bridgehead atoms. The van der Waals surface area contributed by atoms with Gasteiger partial charge in [0.2, 0.25) is 5.91 Å². The van der Waals surface area contributed by atoms with Crippen LogP contribution in [0.2, 0.25) is 0 Å². The molecule has 6 nitrogen and oxygen atoms in total. The van der Waals surface area contributed by atoms with Crippen molar-refractivity contribution in [2.45, 2.75) is 76.8 Å². The number of aryl methyl sites for hydroxylation is 1. The molecule has 2 aliphatic carbocycles. The van der Waals surface area contributed by atoms with Crippen molar-refractivity contribution in [3.8, 4) is 0 Å². The summed E-state index contributed by atoms with van der Waals surface area (Å²) in [7, 11) is 0. The SMILES string of the molecule is Cc1nc(S[C@H](C(=O)NC(N)=O)C(C)C)n([C@@H](C)[C@@H]2C[C@H]3CC[C@H]2C3)c1C. The zero-order valence-electron chi connectivity index (χ0n) is 17.0. The Morgan fingerprint density at radius 2 is 1.93 bits per heavy atom. The van der Waals surface area contributed by atoms with Crippen LogP contribution in [-0.4, -0.2) is 26.7 Å². The first-order chi connectivity index (χ1) is 12.7. The molecule has 3 amide bonds. The molecular weight excluding hydrogens is 360 g/mol. The Kier molecular flexibility index (Phi) is 5.89. The van der Waals surface area contributed by atoms with Gasteiger partial charge in [0.1, 0.15) is 0 Å². The minimum absolute atomic E-state index is 0.0536. The van der Waals surface area contributed by atoms with E-state index in [0.29, 0.717) is 12.0 Å². The van der Waals surface area contributed by atoms with Crippen molar-refractivity contribution in [3.63, 3.8) is 0 Å². The van der Waals surface area contributed by atoms with Gasteiger partial charge in [-0.05, 0) is 63.7 Å². The van der Waals surface area contributed by atoms with Gasteiger partial charge in [0.05, 0.1) is 10.9 Å². The Morgan fingerprint density at radius 3 is 2.44 bits per heavy atom. The molecule has 0 spiro atoms. The fraction of sp³-hybridized carbons (Fsp3) is 0.750. The van der Waals surface area contributed by atoms with Crippen LogP contribution in [0.15, 0.2) is 5.16 Å². The average Bonchev–Trinajstić information content (AvgIpc) is 3.27. The molecule has 2 aliphatic rings. The largest absolute Gasteiger partial charge is 0.351 e. The smallest absolute Gasteiger partial charge is 0.318 e. The summed E-state index contributed by atoms with van der Waals surface area (Å²) in [6.45, 7) is 10.4. The second-order valence-electron chi connectivity index (χ2n) is 8.65. The third-order valence-electron chi connectivity index (χ3n) is 6.52. The summed E-state index contributed by atoms with van der Waals surface area (Å²) >= 11 is 1.45.